The van der Waals surface area contributed by atoms with Crippen LogP contribution >= 0.6 is 11.8 Å². The minimum absolute atomic E-state index is 0.256. The number of aldehydes is 1. The number of aliphatic imine (C=N–C) groups is 1. The fourth-order valence-electron chi connectivity index (χ4n) is 3.99. The van der Waals surface area contributed by atoms with E-state index >= 15 is 0 Å². The molecule has 1 atom stereocenters. The van der Waals surface area contributed by atoms with Crippen LogP contribution in [0, 0.1) is 5.92 Å². The smallest absolute Gasteiger partial charge is 0.264 e. The van der Waals surface area contributed by atoms with E-state index in [2.05, 4.69) is 48.4 Å². The second-order valence-electron chi connectivity index (χ2n) is 8.59. The highest BCUT2D eigenvalue weighted by molar-refractivity contribution is 8.18. The summed E-state index contributed by atoms with van der Waals surface area (Å²) in [5.41, 5.74) is 3.74. The first-order valence-electron chi connectivity index (χ1n) is 12.0. The lowest BCUT2D eigenvalue weighted by Crippen LogP contribution is -2.20. The van der Waals surface area contributed by atoms with Crippen LogP contribution in [-0.2, 0) is 21.0 Å². The molecule has 184 valence electrons. The third kappa shape index (κ3) is 6.29. The second-order valence-corrected chi connectivity index (χ2v) is 9.62. The predicted octanol–water partition coefficient (Wildman–Crippen LogP) is 5.57. The lowest BCUT2D eigenvalue weighted by atomic mass is 9.93. The first-order valence-corrected chi connectivity index (χ1v) is 12.8. The van der Waals surface area contributed by atoms with Gasteiger partial charge in [0.25, 0.3) is 5.91 Å². The van der Waals surface area contributed by atoms with Gasteiger partial charge in [0.1, 0.15) is 18.6 Å². The number of amidine groups is 1. The van der Waals surface area contributed by atoms with E-state index in [1.165, 1.54) is 29.5 Å². The molecule has 7 heteroatoms. The molecule has 0 saturated carbocycles. The third-order valence-electron chi connectivity index (χ3n) is 6.14. The van der Waals surface area contributed by atoms with Gasteiger partial charge in [-0.3, -0.25) is 9.59 Å². The molecular formula is C29H28N2O4S. The third-order valence-corrected chi connectivity index (χ3v) is 7.05. The average molecular weight is 501 g/mol. The highest BCUT2D eigenvalue weighted by atomic mass is 32.2. The number of benzene rings is 2. The molecule has 1 fully saturated rings. The molecule has 2 aromatic carbocycles. The van der Waals surface area contributed by atoms with Crippen molar-refractivity contribution >= 4 is 41.0 Å². The molecule has 0 spiro atoms. The van der Waals surface area contributed by atoms with Crippen molar-refractivity contribution in [2.45, 2.75) is 39.2 Å². The summed E-state index contributed by atoms with van der Waals surface area (Å²) in [6.07, 6.45) is 9.06. The Labute approximate surface area is 215 Å². The first-order chi connectivity index (χ1) is 17.5. The minimum atomic E-state index is -0.762. The maximum absolute atomic E-state index is 12.4. The SMILES string of the molecule is CCC(CC)c1ccc(COc2ccc(C=C3SC(=NC4=CC(=O)C(C=O)C=C4)NC3=O)cc2)cc1. The quantitative estimate of drug-likeness (QED) is 0.277. The molecule has 4 rings (SSSR count). The summed E-state index contributed by atoms with van der Waals surface area (Å²) in [6, 6.07) is 16.2. The van der Waals surface area contributed by atoms with Gasteiger partial charge in [0, 0.05) is 6.08 Å². The number of allylic oxidation sites excluding steroid dienone is 3. The molecule has 2 aliphatic rings. The van der Waals surface area contributed by atoms with Crippen molar-refractivity contribution in [1.82, 2.24) is 5.32 Å². The van der Waals surface area contributed by atoms with Crippen molar-refractivity contribution in [3.8, 4) is 5.75 Å². The van der Waals surface area contributed by atoms with Gasteiger partial charge in [-0.2, -0.15) is 0 Å². The summed E-state index contributed by atoms with van der Waals surface area (Å²) in [7, 11) is 0. The number of carbonyl (C=O) groups excluding carboxylic acids is 3. The van der Waals surface area contributed by atoms with E-state index in [-0.39, 0.29) is 11.7 Å². The largest absolute Gasteiger partial charge is 0.489 e. The van der Waals surface area contributed by atoms with Gasteiger partial charge in [-0.1, -0.05) is 56.3 Å². The Kier molecular flexibility index (Phi) is 8.33. The molecule has 2 aromatic rings. The molecule has 0 radical (unpaired) electrons. The number of thioether (sulfide) groups is 1. The summed E-state index contributed by atoms with van der Waals surface area (Å²) in [6.45, 7) is 4.93. The summed E-state index contributed by atoms with van der Waals surface area (Å²) in [5.74, 6) is 0.0142. The number of ketones is 1. The highest BCUT2D eigenvalue weighted by Gasteiger charge is 2.25. The van der Waals surface area contributed by atoms with Crippen LogP contribution in [-0.4, -0.2) is 23.1 Å². The minimum Gasteiger partial charge on any atom is -0.489 e. The van der Waals surface area contributed by atoms with Crippen molar-refractivity contribution in [2.24, 2.45) is 10.9 Å². The van der Waals surface area contributed by atoms with Crippen LogP contribution in [0.4, 0.5) is 0 Å². The van der Waals surface area contributed by atoms with Crippen molar-refractivity contribution < 1.29 is 19.1 Å². The standard InChI is InChI=1S/C29H28N2O4S/c1-3-21(4-2)22-9-5-20(6-10-22)18-35-25-13-7-19(8-14-25)15-27-28(34)31-29(36-27)30-24-12-11-23(17-32)26(33)16-24/h5-17,21,23H,3-4,18H2,1-2H3,(H,30,31,34). The van der Waals surface area contributed by atoms with Crippen molar-refractivity contribution in [3.63, 3.8) is 0 Å². The van der Waals surface area contributed by atoms with Gasteiger partial charge in [-0.05, 0) is 71.5 Å². The number of carbonyl (C=O) groups is 3. The summed E-state index contributed by atoms with van der Waals surface area (Å²) >= 11 is 1.20. The Bertz CT molecular complexity index is 1250. The topological polar surface area (TPSA) is 84.8 Å². The molecule has 1 N–H and O–H groups in total. The molecular weight excluding hydrogens is 472 g/mol. The van der Waals surface area contributed by atoms with Gasteiger partial charge in [0.05, 0.1) is 16.5 Å². The van der Waals surface area contributed by atoms with Crippen LogP contribution in [0.15, 0.2) is 82.4 Å². The van der Waals surface area contributed by atoms with Crippen LogP contribution in [0.3, 0.4) is 0 Å². The molecule has 1 unspecified atom stereocenters. The number of rotatable bonds is 9. The van der Waals surface area contributed by atoms with Crippen LogP contribution < -0.4 is 10.1 Å². The molecule has 0 aromatic heterocycles. The van der Waals surface area contributed by atoms with Gasteiger partial charge >= 0.3 is 0 Å². The maximum atomic E-state index is 12.4. The molecule has 1 amide bonds. The number of hydrogen-bond acceptors (Lipinski definition) is 6. The highest BCUT2D eigenvalue weighted by Crippen LogP contribution is 2.28. The fourth-order valence-corrected chi connectivity index (χ4v) is 4.83. The van der Waals surface area contributed by atoms with E-state index in [0.717, 1.165) is 29.7 Å². The van der Waals surface area contributed by atoms with Crippen LogP contribution in [0.25, 0.3) is 6.08 Å². The number of nitrogens with zero attached hydrogens (tertiary/aromatic N) is 1. The molecule has 0 bridgehead atoms. The van der Waals surface area contributed by atoms with Crippen molar-refractivity contribution in [2.75, 3.05) is 0 Å². The van der Waals surface area contributed by atoms with E-state index in [4.69, 9.17) is 4.74 Å². The van der Waals surface area contributed by atoms with E-state index in [1.54, 1.807) is 12.2 Å². The Morgan fingerprint density at radius 2 is 1.78 bits per heavy atom. The fraction of sp³-hybridized carbons (Fsp3) is 0.241. The van der Waals surface area contributed by atoms with Gasteiger partial charge in [0.2, 0.25) is 0 Å². The number of ether oxygens (including phenoxy) is 1. The van der Waals surface area contributed by atoms with Gasteiger partial charge in [0.15, 0.2) is 11.0 Å². The normalized spacial score (nSPS) is 19.6. The molecule has 36 heavy (non-hydrogen) atoms. The molecule has 1 saturated heterocycles. The molecule has 6 nitrogen and oxygen atoms in total. The summed E-state index contributed by atoms with van der Waals surface area (Å²) in [5, 5.41) is 3.09. The van der Waals surface area contributed by atoms with E-state index < -0.39 is 5.92 Å². The first kappa shape index (κ1) is 25.4. The number of nitrogens with one attached hydrogen (secondary N) is 1. The number of amides is 1. The molecule has 1 aliphatic carbocycles. The Hall–Kier alpha value is -3.71. The monoisotopic (exact) mass is 500 g/mol. The summed E-state index contributed by atoms with van der Waals surface area (Å²) in [4.78, 5) is 39.9. The van der Waals surface area contributed by atoms with Gasteiger partial charge in [-0.15, -0.1) is 0 Å². The summed E-state index contributed by atoms with van der Waals surface area (Å²) < 4.78 is 5.93. The van der Waals surface area contributed by atoms with E-state index in [0.29, 0.717) is 34.6 Å². The lowest BCUT2D eigenvalue weighted by Gasteiger charge is -2.13. The van der Waals surface area contributed by atoms with Crippen LogP contribution in [0.5, 0.6) is 5.75 Å². The van der Waals surface area contributed by atoms with Gasteiger partial charge in [-0.25, -0.2) is 4.99 Å². The predicted molar refractivity (Wildman–Crippen MR) is 143 cm³/mol. The second kappa shape index (κ2) is 11.8. The van der Waals surface area contributed by atoms with Crippen molar-refractivity contribution in [3.05, 3.63) is 94.1 Å². The van der Waals surface area contributed by atoms with E-state index in [9.17, 15) is 14.4 Å². The zero-order chi connectivity index (χ0) is 25.5. The average Bonchev–Trinajstić information content (AvgIpc) is 3.23. The Morgan fingerprint density at radius 1 is 1.06 bits per heavy atom. The van der Waals surface area contributed by atoms with E-state index in [1.807, 2.05) is 24.3 Å². The van der Waals surface area contributed by atoms with Crippen LogP contribution in [0.2, 0.25) is 0 Å². The number of hydrogen-bond donors (Lipinski definition) is 1. The lowest BCUT2D eigenvalue weighted by molar-refractivity contribution is -0.122. The zero-order valence-electron chi connectivity index (χ0n) is 20.3. The van der Waals surface area contributed by atoms with Crippen molar-refractivity contribution in [1.29, 1.82) is 0 Å². The molecule has 1 heterocycles. The molecule has 1 aliphatic heterocycles. The van der Waals surface area contributed by atoms with Crippen LogP contribution in [0.1, 0.15) is 49.3 Å². The Morgan fingerprint density at radius 3 is 2.42 bits per heavy atom. The van der Waals surface area contributed by atoms with Gasteiger partial charge < -0.3 is 14.8 Å². The zero-order valence-corrected chi connectivity index (χ0v) is 21.1. The maximum Gasteiger partial charge on any atom is 0.264 e. The Balaban J connectivity index is 1.35.